The predicted molar refractivity (Wildman–Crippen MR) is 112 cm³/mol. The molecule has 0 spiro atoms. The van der Waals surface area contributed by atoms with Crippen molar-refractivity contribution in [1.29, 1.82) is 0 Å². The summed E-state index contributed by atoms with van der Waals surface area (Å²) in [5.41, 5.74) is 3.60. The second-order valence-electron chi connectivity index (χ2n) is 7.62. The number of para-hydroxylation sites is 2. The fourth-order valence-corrected chi connectivity index (χ4v) is 4.27. The molecule has 0 saturated heterocycles. The Balaban J connectivity index is 1.87. The van der Waals surface area contributed by atoms with Crippen LogP contribution in [-0.4, -0.2) is 31.1 Å². The third-order valence-corrected chi connectivity index (χ3v) is 5.76. The lowest BCUT2D eigenvalue weighted by atomic mass is 9.75. The Morgan fingerprint density at radius 3 is 2.53 bits per heavy atom. The Kier molecular flexibility index (Phi) is 5.11. The molecule has 1 aliphatic heterocycles. The first kappa shape index (κ1) is 19.8. The number of benzene rings is 2. The number of hydrogen-bond donors (Lipinski definition) is 3. The summed E-state index contributed by atoms with van der Waals surface area (Å²) < 4.78 is 10.1. The molecular formula is C23H24N2O5. The molecular weight excluding hydrogens is 384 g/mol. The number of ether oxygens (including phenoxy) is 2. The van der Waals surface area contributed by atoms with E-state index in [2.05, 4.69) is 10.6 Å². The lowest BCUT2D eigenvalue weighted by molar-refractivity contribution is -0.151. The number of ketones is 1. The smallest absolute Gasteiger partial charge is 0.316 e. The highest BCUT2D eigenvalue weighted by molar-refractivity contribution is 6.11. The van der Waals surface area contributed by atoms with Crippen molar-refractivity contribution in [1.82, 2.24) is 0 Å². The molecule has 0 radical (unpaired) electrons. The van der Waals surface area contributed by atoms with Gasteiger partial charge in [-0.1, -0.05) is 25.1 Å². The zero-order chi connectivity index (χ0) is 21.4. The van der Waals surface area contributed by atoms with E-state index < -0.39 is 17.9 Å². The molecule has 7 heteroatoms. The van der Waals surface area contributed by atoms with Gasteiger partial charge in [-0.2, -0.15) is 0 Å². The van der Waals surface area contributed by atoms with Gasteiger partial charge in [0.1, 0.15) is 5.92 Å². The molecule has 1 aliphatic carbocycles. The van der Waals surface area contributed by atoms with E-state index in [1.807, 2.05) is 31.2 Å². The third-order valence-electron chi connectivity index (χ3n) is 5.76. The van der Waals surface area contributed by atoms with Gasteiger partial charge in [0.2, 0.25) is 0 Å². The number of carbonyl (C=O) groups excluding carboxylic acids is 2. The van der Waals surface area contributed by atoms with Crippen LogP contribution in [0.3, 0.4) is 0 Å². The van der Waals surface area contributed by atoms with Gasteiger partial charge in [-0.15, -0.1) is 0 Å². The molecule has 7 nitrogen and oxygen atoms in total. The Morgan fingerprint density at radius 1 is 1.13 bits per heavy atom. The molecule has 156 valence electrons. The summed E-state index contributed by atoms with van der Waals surface area (Å²) in [6.45, 7) is 1.88. The number of nitrogens with one attached hydrogen (secondary N) is 2. The molecule has 2 aromatic rings. The lowest BCUT2D eigenvalue weighted by Crippen LogP contribution is -2.39. The largest absolute Gasteiger partial charge is 0.504 e. The van der Waals surface area contributed by atoms with Crippen LogP contribution in [0.4, 0.5) is 11.4 Å². The number of rotatable bonds is 3. The van der Waals surface area contributed by atoms with Gasteiger partial charge >= 0.3 is 5.97 Å². The van der Waals surface area contributed by atoms with Crippen LogP contribution >= 0.6 is 0 Å². The van der Waals surface area contributed by atoms with Crippen LogP contribution < -0.4 is 15.4 Å². The fraction of sp³-hybridized carbons (Fsp3) is 0.304. The van der Waals surface area contributed by atoms with Crippen molar-refractivity contribution in [2.45, 2.75) is 19.4 Å². The summed E-state index contributed by atoms with van der Waals surface area (Å²) in [7, 11) is 2.77. The van der Waals surface area contributed by atoms with Crippen LogP contribution in [0.1, 0.15) is 24.9 Å². The maximum Gasteiger partial charge on any atom is 0.316 e. The molecule has 2 aliphatic rings. The first-order valence-electron chi connectivity index (χ1n) is 9.79. The highest BCUT2D eigenvalue weighted by Crippen LogP contribution is 2.44. The number of anilines is 2. The van der Waals surface area contributed by atoms with E-state index in [1.165, 1.54) is 14.2 Å². The predicted octanol–water partition coefficient (Wildman–Crippen LogP) is 3.63. The molecule has 0 unspecified atom stereocenters. The number of fused-ring (bicyclic) bond motifs is 1. The summed E-state index contributed by atoms with van der Waals surface area (Å²) in [5.74, 6) is -1.55. The van der Waals surface area contributed by atoms with Crippen molar-refractivity contribution < 1.29 is 24.2 Å². The van der Waals surface area contributed by atoms with Crippen LogP contribution in [0.15, 0.2) is 53.7 Å². The van der Waals surface area contributed by atoms with E-state index in [0.717, 1.165) is 17.1 Å². The number of Topliss-reactive ketones (excluding diaryl/α,β-unsaturated/α-hetero) is 1. The quantitative estimate of drug-likeness (QED) is 0.527. The minimum Gasteiger partial charge on any atom is -0.504 e. The number of methoxy groups -OCH3 is 2. The van der Waals surface area contributed by atoms with Gasteiger partial charge in [-0.3, -0.25) is 9.59 Å². The maximum absolute atomic E-state index is 13.5. The van der Waals surface area contributed by atoms with E-state index in [0.29, 0.717) is 23.3 Å². The van der Waals surface area contributed by atoms with Crippen molar-refractivity contribution >= 4 is 23.1 Å². The molecule has 0 amide bonds. The van der Waals surface area contributed by atoms with E-state index in [-0.39, 0.29) is 17.5 Å². The summed E-state index contributed by atoms with van der Waals surface area (Å²) in [6.07, 6.45) is 0.523. The minimum absolute atomic E-state index is 0.0226. The number of carbonyl (C=O) groups is 2. The normalized spacial score (nSPS) is 22.8. The topological polar surface area (TPSA) is 96.9 Å². The maximum atomic E-state index is 13.5. The molecule has 0 fully saturated rings. The van der Waals surface area contributed by atoms with E-state index in [4.69, 9.17) is 9.47 Å². The fourth-order valence-electron chi connectivity index (χ4n) is 4.27. The molecule has 2 aromatic carbocycles. The minimum atomic E-state index is -0.868. The second-order valence-corrected chi connectivity index (χ2v) is 7.62. The molecule has 0 saturated carbocycles. The van der Waals surface area contributed by atoms with E-state index in [9.17, 15) is 14.7 Å². The Bertz CT molecular complexity index is 1050. The monoisotopic (exact) mass is 408 g/mol. The van der Waals surface area contributed by atoms with Crippen molar-refractivity contribution in [3.63, 3.8) is 0 Å². The van der Waals surface area contributed by atoms with Crippen molar-refractivity contribution in [2.24, 2.45) is 11.8 Å². The summed E-state index contributed by atoms with van der Waals surface area (Å²) in [5, 5.41) is 17.1. The van der Waals surface area contributed by atoms with Crippen LogP contribution in [0.5, 0.6) is 11.5 Å². The average molecular weight is 408 g/mol. The number of phenols is 1. The summed E-state index contributed by atoms with van der Waals surface area (Å²) in [6, 6.07) is 12.2. The summed E-state index contributed by atoms with van der Waals surface area (Å²) >= 11 is 0. The van der Waals surface area contributed by atoms with Gasteiger partial charge in [-0.05, 0) is 42.2 Å². The Labute approximate surface area is 174 Å². The molecule has 3 atom stereocenters. The summed E-state index contributed by atoms with van der Waals surface area (Å²) in [4.78, 5) is 25.9. The van der Waals surface area contributed by atoms with Crippen LogP contribution in [-0.2, 0) is 14.3 Å². The molecule has 1 heterocycles. The van der Waals surface area contributed by atoms with E-state index >= 15 is 0 Å². The van der Waals surface area contributed by atoms with Crippen molar-refractivity contribution in [2.75, 3.05) is 24.9 Å². The number of aromatic hydroxyl groups is 1. The molecule has 3 N–H and O–H groups in total. The zero-order valence-electron chi connectivity index (χ0n) is 17.1. The van der Waals surface area contributed by atoms with Gasteiger partial charge in [0, 0.05) is 11.3 Å². The molecule has 30 heavy (non-hydrogen) atoms. The number of phenolic OH excluding ortho intramolecular Hbond substituents is 1. The van der Waals surface area contributed by atoms with Crippen LogP contribution in [0.25, 0.3) is 0 Å². The van der Waals surface area contributed by atoms with E-state index in [1.54, 1.807) is 18.2 Å². The highest BCUT2D eigenvalue weighted by atomic mass is 16.5. The Hall–Kier alpha value is -3.48. The van der Waals surface area contributed by atoms with Crippen LogP contribution in [0.2, 0.25) is 0 Å². The number of esters is 1. The second kappa shape index (κ2) is 7.74. The average Bonchev–Trinajstić information content (AvgIpc) is 2.90. The van der Waals surface area contributed by atoms with Gasteiger partial charge in [0.15, 0.2) is 17.3 Å². The molecule has 0 aromatic heterocycles. The van der Waals surface area contributed by atoms with Crippen molar-refractivity contribution in [3.8, 4) is 11.5 Å². The number of hydrogen-bond acceptors (Lipinski definition) is 7. The molecule has 0 bridgehead atoms. The van der Waals surface area contributed by atoms with Crippen molar-refractivity contribution in [3.05, 3.63) is 59.3 Å². The number of allylic oxidation sites excluding steroid dienone is 1. The first-order valence-corrected chi connectivity index (χ1v) is 9.79. The highest BCUT2D eigenvalue weighted by Gasteiger charge is 2.44. The van der Waals surface area contributed by atoms with Gasteiger partial charge in [0.25, 0.3) is 0 Å². The Morgan fingerprint density at radius 2 is 1.87 bits per heavy atom. The lowest BCUT2D eigenvalue weighted by Gasteiger charge is -2.32. The van der Waals surface area contributed by atoms with Gasteiger partial charge < -0.3 is 25.2 Å². The first-order chi connectivity index (χ1) is 14.4. The van der Waals surface area contributed by atoms with Crippen LogP contribution in [0, 0.1) is 11.8 Å². The zero-order valence-corrected chi connectivity index (χ0v) is 17.1. The standard InChI is InChI=1S/C23H24N2O5/c1-12-10-16-20(22(27)19(12)23(28)30-3)21(13-8-9-18(29-2)17(26)11-13)25-15-7-5-4-6-14(15)24-16/h4-9,11-12,19,21,24-26H,10H2,1-3H3/t12-,19-,21-/m0/s1. The van der Waals surface area contributed by atoms with Gasteiger partial charge in [-0.25, -0.2) is 0 Å². The molecule has 4 rings (SSSR count). The third kappa shape index (κ3) is 3.26. The van der Waals surface area contributed by atoms with Gasteiger partial charge in [0.05, 0.1) is 31.6 Å². The SMILES string of the molecule is COC(=O)[C@@H]1C(=O)C2=C(C[C@@H]1C)Nc1ccccc1N[C@H]2c1ccc(OC)c(O)c1.